The molecule has 0 aliphatic carbocycles. The van der Waals surface area contributed by atoms with Gasteiger partial charge in [0.25, 0.3) is 5.69 Å². The molecule has 0 aliphatic rings. The molecule has 3 aromatic rings. The average Bonchev–Trinajstić information content (AvgIpc) is 3.11. The van der Waals surface area contributed by atoms with Gasteiger partial charge in [0.2, 0.25) is 5.91 Å². The smallest absolute Gasteiger partial charge is 0.271 e. The quantitative estimate of drug-likeness (QED) is 0.355. The van der Waals surface area contributed by atoms with Crippen LogP contribution in [0.5, 0.6) is 0 Å². The fraction of sp³-hybridized carbons (Fsp3) is 0.250. The lowest BCUT2D eigenvalue weighted by Gasteiger charge is -2.10. The Morgan fingerprint density at radius 2 is 1.93 bits per heavy atom. The molecule has 0 saturated heterocycles. The molecular formula is C20H21N5O3S. The molecule has 0 atom stereocenters. The van der Waals surface area contributed by atoms with Crippen LogP contribution < -0.4 is 5.32 Å². The van der Waals surface area contributed by atoms with Crippen molar-refractivity contribution in [3.8, 4) is 11.4 Å². The van der Waals surface area contributed by atoms with Crippen molar-refractivity contribution in [1.82, 2.24) is 14.8 Å². The Hall–Kier alpha value is -3.20. The van der Waals surface area contributed by atoms with Crippen molar-refractivity contribution in [2.45, 2.75) is 32.5 Å². The maximum absolute atomic E-state index is 12.4. The van der Waals surface area contributed by atoms with Crippen LogP contribution in [-0.4, -0.2) is 31.3 Å². The van der Waals surface area contributed by atoms with Crippen molar-refractivity contribution >= 4 is 29.0 Å². The number of aromatic nitrogens is 3. The predicted octanol–water partition coefficient (Wildman–Crippen LogP) is 4.22. The SMILES string of the molecule is CCn1c(SCC(=O)Nc2cc([N+](=O)[O-])ccc2C)nnc1-c1ccccc1C. The van der Waals surface area contributed by atoms with Gasteiger partial charge in [-0.15, -0.1) is 10.2 Å². The lowest BCUT2D eigenvalue weighted by Crippen LogP contribution is -2.15. The number of rotatable bonds is 7. The van der Waals surface area contributed by atoms with Gasteiger partial charge in [-0.3, -0.25) is 14.9 Å². The number of nitrogens with one attached hydrogen (secondary N) is 1. The lowest BCUT2D eigenvalue weighted by molar-refractivity contribution is -0.384. The van der Waals surface area contributed by atoms with Crippen molar-refractivity contribution < 1.29 is 9.72 Å². The van der Waals surface area contributed by atoms with Crippen molar-refractivity contribution in [1.29, 1.82) is 0 Å². The third kappa shape index (κ3) is 4.62. The van der Waals surface area contributed by atoms with E-state index >= 15 is 0 Å². The molecule has 150 valence electrons. The second-order valence-electron chi connectivity index (χ2n) is 6.46. The van der Waals surface area contributed by atoms with Crippen molar-refractivity contribution in [2.75, 3.05) is 11.1 Å². The molecule has 1 aromatic heterocycles. The number of anilines is 1. The van der Waals surface area contributed by atoms with E-state index in [0.29, 0.717) is 17.4 Å². The van der Waals surface area contributed by atoms with Gasteiger partial charge in [0, 0.05) is 24.2 Å². The van der Waals surface area contributed by atoms with Crippen LogP contribution in [0.15, 0.2) is 47.6 Å². The summed E-state index contributed by atoms with van der Waals surface area (Å²) in [6.45, 7) is 6.48. The maximum atomic E-state index is 12.4. The molecule has 1 heterocycles. The number of thioether (sulfide) groups is 1. The van der Waals surface area contributed by atoms with Gasteiger partial charge in [-0.05, 0) is 31.9 Å². The summed E-state index contributed by atoms with van der Waals surface area (Å²) in [6, 6.07) is 12.3. The van der Waals surface area contributed by atoms with Gasteiger partial charge in [0.05, 0.1) is 16.4 Å². The number of amides is 1. The zero-order valence-corrected chi connectivity index (χ0v) is 17.2. The van der Waals surface area contributed by atoms with Crippen LogP contribution in [-0.2, 0) is 11.3 Å². The number of aryl methyl sites for hydroxylation is 2. The molecule has 0 spiro atoms. The van der Waals surface area contributed by atoms with E-state index in [1.807, 2.05) is 42.7 Å². The van der Waals surface area contributed by atoms with Crippen molar-refractivity contribution in [2.24, 2.45) is 0 Å². The molecule has 2 aromatic carbocycles. The van der Waals surface area contributed by atoms with E-state index in [-0.39, 0.29) is 17.3 Å². The third-order valence-corrected chi connectivity index (χ3v) is 5.42. The minimum atomic E-state index is -0.485. The number of nitro groups is 1. The first kappa shape index (κ1) is 20.5. The zero-order valence-electron chi connectivity index (χ0n) is 16.4. The number of carbonyl (C=O) groups excluding carboxylic acids is 1. The van der Waals surface area contributed by atoms with E-state index in [1.165, 1.54) is 23.9 Å². The molecule has 0 unspecified atom stereocenters. The summed E-state index contributed by atoms with van der Waals surface area (Å²) in [5.41, 5.74) is 3.23. The molecule has 0 saturated carbocycles. The second-order valence-corrected chi connectivity index (χ2v) is 7.40. The Bertz CT molecular complexity index is 1060. The molecule has 9 heteroatoms. The van der Waals surface area contributed by atoms with Crippen molar-refractivity contribution in [3.63, 3.8) is 0 Å². The fourth-order valence-electron chi connectivity index (χ4n) is 2.88. The minimum absolute atomic E-state index is 0.0628. The highest BCUT2D eigenvalue weighted by molar-refractivity contribution is 7.99. The Morgan fingerprint density at radius 3 is 2.62 bits per heavy atom. The first-order valence-electron chi connectivity index (χ1n) is 9.07. The normalized spacial score (nSPS) is 10.7. The summed E-state index contributed by atoms with van der Waals surface area (Å²) in [7, 11) is 0. The van der Waals surface area contributed by atoms with Crippen LogP contribution in [0.25, 0.3) is 11.4 Å². The number of hydrogen-bond acceptors (Lipinski definition) is 6. The van der Waals surface area contributed by atoms with Crippen LogP contribution in [0.1, 0.15) is 18.1 Å². The van der Waals surface area contributed by atoms with Crippen LogP contribution in [0.2, 0.25) is 0 Å². The Balaban J connectivity index is 1.72. The molecule has 3 rings (SSSR count). The predicted molar refractivity (Wildman–Crippen MR) is 113 cm³/mol. The van der Waals surface area contributed by atoms with Gasteiger partial charge in [0.1, 0.15) is 0 Å². The zero-order chi connectivity index (χ0) is 21.0. The van der Waals surface area contributed by atoms with E-state index in [2.05, 4.69) is 15.5 Å². The summed E-state index contributed by atoms with van der Waals surface area (Å²) < 4.78 is 1.97. The van der Waals surface area contributed by atoms with E-state index in [1.54, 1.807) is 13.0 Å². The van der Waals surface area contributed by atoms with Crippen LogP contribution in [0.4, 0.5) is 11.4 Å². The van der Waals surface area contributed by atoms with E-state index in [9.17, 15) is 14.9 Å². The maximum Gasteiger partial charge on any atom is 0.271 e. The molecule has 1 N–H and O–H groups in total. The molecule has 1 amide bonds. The summed E-state index contributed by atoms with van der Waals surface area (Å²) in [4.78, 5) is 22.9. The Morgan fingerprint density at radius 1 is 1.17 bits per heavy atom. The number of benzene rings is 2. The standard InChI is InChI=1S/C20H21N5O3S/c1-4-24-19(16-8-6-5-7-13(16)2)22-23-20(24)29-12-18(26)21-17-11-15(25(27)28)10-9-14(17)3/h5-11H,4,12H2,1-3H3,(H,21,26). The summed E-state index contributed by atoms with van der Waals surface area (Å²) in [5.74, 6) is 0.623. The van der Waals surface area contributed by atoms with Gasteiger partial charge in [-0.1, -0.05) is 42.1 Å². The molecule has 0 aliphatic heterocycles. The first-order valence-corrected chi connectivity index (χ1v) is 10.1. The molecule has 0 radical (unpaired) electrons. The fourth-order valence-corrected chi connectivity index (χ4v) is 3.68. The van der Waals surface area contributed by atoms with Gasteiger partial charge in [-0.2, -0.15) is 0 Å². The Labute approximate surface area is 172 Å². The number of non-ortho nitro benzene ring substituents is 1. The number of nitro benzene ring substituents is 1. The van der Waals surface area contributed by atoms with Gasteiger partial charge >= 0.3 is 0 Å². The largest absolute Gasteiger partial charge is 0.325 e. The van der Waals surface area contributed by atoms with E-state index in [0.717, 1.165) is 22.5 Å². The topological polar surface area (TPSA) is 103 Å². The highest BCUT2D eigenvalue weighted by atomic mass is 32.2. The second kappa shape index (κ2) is 8.87. The van der Waals surface area contributed by atoms with E-state index < -0.39 is 4.92 Å². The van der Waals surface area contributed by atoms with E-state index in [4.69, 9.17) is 0 Å². The van der Waals surface area contributed by atoms with Crippen LogP contribution >= 0.6 is 11.8 Å². The summed E-state index contributed by atoms with van der Waals surface area (Å²) >= 11 is 1.28. The first-order chi connectivity index (χ1) is 13.9. The van der Waals surface area contributed by atoms with Gasteiger partial charge < -0.3 is 9.88 Å². The number of hydrogen-bond donors (Lipinski definition) is 1. The number of nitrogens with zero attached hydrogens (tertiary/aromatic N) is 4. The highest BCUT2D eigenvalue weighted by Gasteiger charge is 2.16. The molecular weight excluding hydrogens is 390 g/mol. The van der Waals surface area contributed by atoms with Crippen molar-refractivity contribution in [3.05, 3.63) is 63.7 Å². The number of carbonyl (C=O) groups is 1. The minimum Gasteiger partial charge on any atom is -0.325 e. The van der Waals surface area contributed by atoms with Gasteiger partial charge in [-0.25, -0.2) is 0 Å². The third-order valence-electron chi connectivity index (χ3n) is 4.46. The monoisotopic (exact) mass is 411 g/mol. The molecule has 29 heavy (non-hydrogen) atoms. The molecule has 0 bridgehead atoms. The van der Waals surface area contributed by atoms with Gasteiger partial charge in [0.15, 0.2) is 11.0 Å². The molecule has 0 fully saturated rings. The average molecular weight is 411 g/mol. The summed E-state index contributed by atoms with van der Waals surface area (Å²) in [6.07, 6.45) is 0. The van der Waals surface area contributed by atoms with Crippen LogP contribution in [0, 0.1) is 24.0 Å². The summed E-state index contributed by atoms with van der Waals surface area (Å²) in [5, 5.41) is 22.9. The lowest BCUT2D eigenvalue weighted by atomic mass is 10.1. The highest BCUT2D eigenvalue weighted by Crippen LogP contribution is 2.27. The molecule has 8 nitrogen and oxygen atoms in total. The Kier molecular flexibility index (Phi) is 6.28. The van der Waals surface area contributed by atoms with Crippen LogP contribution in [0.3, 0.4) is 0 Å².